The highest BCUT2D eigenvalue weighted by atomic mass is 35.5. The second-order valence-corrected chi connectivity index (χ2v) is 7.09. The molecule has 1 N–H and O–H groups in total. The summed E-state index contributed by atoms with van der Waals surface area (Å²) in [5.74, 6) is 0.363. The number of carbonyl (C=O) groups excluding carboxylic acids is 1. The van der Waals surface area contributed by atoms with Crippen molar-refractivity contribution in [1.82, 2.24) is 14.3 Å². The number of aromatic nitrogens is 3. The summed E-state index contributed by atoms with van der Waals surface area (Å²) in [7, 11) is 4.78. The number of para-hydroxylation sites is 1. The van der Waals surface area contributed by atoms with Crippen LogP contribution in [0.15, 0.2) is 47.4 Å². The minimum Gasteiger partial charge on any atom is -0.495 e. The number of nitrogens with one attached hydrogen (secondary N) is 1. The Morgan fingerprint density at radius 1 is 1.13 bits per heavy atom. The monoisotopic (exact) mass is 426 g/mol. The van der Waals surface area contributed by atoms with Gasteiger partial charge in [0.25, 0.3) is 5.56 Å². The zero-order valence-corrected chi connectivity index (χ0v) is 17.4. The lowest BCUT2D eigenvalue weighted by molar-refractivity contribution is -0.117. The molecule has 0 radical (unpaired) electrons. The van der Waals surface area contributed by atoms with Crippen molar-refractivity contribution in [3.63, 3.8) is 0 Å². The van der Waals surface area contributed by atoms with Gasteiger partial charge in [0.1, 0.15) is 23.6 Å². The molecule has 2 aromatic heterocycles. The van der Waals surface area contributed by atoms with Crippen molar-refractivity contribution in [2.45, 2.75) is 6.54 Å². The summed E-state index contributed by atoms with van der Waals surface area (Å²) < 4.78 is 13.4. The number of benzene rings is 2. The number of rotatable bonds is 5. The Morgan fingerprint density at radius 3 is 2.60 bits per heavy atom. The largest absolute Gasteiger partial charge is 0.495 e. The Bertz CT molecular complexity index is 1340. The summed E-state index contributed by atoms with van der Waals surface area (Å²) in [5, 5.41) is 8.91. The van der Waals surface area contributed by atoms with Crippen LogP contribution >= 0.6 is 11.6 Å². The number of ether oxygens (including phenoxy) is 2. The van der Waals surface area contributed by atoms with Crippen LogP contribution in [0.25, 0.3) is 21.8 Å². The molecule has 0 atom stereocenters. The van der Waals surface area contributed by atoms with Crippen LogP contribution in [0.5, 0.6) is 11.5 Å². The van der Waals surface area contributed by atoms with E-state index in [1.165, 1.54) is 20.3 Å². The molecule has 30 heavy (non-hydrogen) atoms. The van der Waals surface area contributed by atoms with Gasteiger partial charge in [-0.15, -0.1) is 0 Å². The van der Waals surface area contributed by atoms with Gasteiger partial charge in [0.2, 0.25) is 5.91 Å². The fourth-order valence-corrected chi connectivity index (χ4v) is 3.75. The molecule has 0 aliphatic carbocycles. The van der Waals surface area contributed by atoms with E-state index in [1.807, 2.05) is 35.9 Å². The van der Waals surface area contributed by atoms with Crippen LogP contribution < -0.4 is 20.3 Å². The molecule has 4 aromatic rings. The smallest absolute Gasteiger partial charge is 0.291 e. The fraction of sp³-hybridized carbons (Fsp3) is 0.190. The second kappa shape index (κ2) is 7.72. The van der Waals surface area contributed by atoms with Crippen molar-refractivity contribution in [3.05, 3.63) is 58.0 Å². The Hall–Kier alpha value is -3.52. The Labute approximate surface area is 176 Å². The fourth-order valence-electron chi connectivity index (χ4n) is 3.51. The predicted molar refractivity (Wildman–Crippen MR) is 116 cm³/mol. The SMILES string of the molecule is COc1cc(OC)c(NC(=O)Cn2ncc3c4ccccc4n(C)c3c2=O)cc1Cl. The van der Waals surface area contributed by atoms with Gasteiger partial charge >= 0.3 is 0 Å². The number of halogens is 1. The molecule has 0 spiro atoms. The Morgan fingerprint density at radius 2 is 1.87 bits per heavy atom. The lowest BCUT2D eigenvalue weighted by Crippen LogP contribution is -2.30. The maximum absolute atomic E-state index is 13.0. The maximum Gasteiger partial charge on any atom is 0.291 e. The van der Waals surface area contributed by atoms with Crippen molar-refractivity contribution in [2.24, 2.45) is 7.05 Å². The highest BCUT2D eigenvalue weighted by molar-refractivity contribution is 6.32. The molecule has 0 aliphatic rings. The molecule has 0 bridgehead atoms. The first-order chi connectivity index (χ1) is 14.4. The predicted octanol–water partition coefficient (Wildman–Crippen LogP) is 3.20. The molecule has 154 valence electrons. The summed E-state index contributed by atoms with van der Waals surface area (Å²) in [6.07, 6.45) is 1.61. The van der Waals surface area contributed by atoms with E-state index in [2.05, 4.69) is 10.4 Å². The summed E-state index contributed by atoms with van der Waals surface area (Å²) in [4.78, 5) is 25.6. The summed E-state index contributed by atoms with van der Waals surface area (Å²) >= 11 is 6.15. The first kappa shape index (κ1) is 19.8. The molecule has 0 aliphatic heterocycles. The minimum absolute atomic E-state index is 0.261. The molecule has 0 saturated carbocycles. The number of nitrogens with zero attached hydrogens (tertiary/aromatic N) is 3. The molecule has 2 aromatic carbocycles. The normalized spacial score (nSPS) is 11.1. The minimum atomic E-state index is -0.442. The molecule has 8 nitrogen and oxygen atoms in total. The molecule has 0 saturated heterocycles. The Balaban J connectivity index is 1.67. The van der Waals surface area contributed by atoms with Crippen LogP contribution in [0.1, 0.15) is 0 Å². The molecule has 0 unspecified atom stereocenters. The third-order valence-electron chi connectivity index (χ3n) is 4.95. The number of hydrogen-bond acceptors (Lipinski definition) is 5. The van der Waals surface area contributed by atoms with Gasteiger partial charge in [-0.1, -0.05) is 29.8 Å². The van der Waals surface area contributed by atoms with Gasteiger partial charge < -0.3 is 19.4 Å². The third-order valence-corrected chi connectivity index (χ3v) is 5.25. The van der Waals surface area contributed by atoms with Gasteiger partial charge in [-0.3, -0.25) is 9.59 Å². The number of fused-ring (bicyclic) bond motifs is 3. The average molecular weight is 427 g/mol. The van der Waals surface area contributed by atoms with Gasteiger partial charge in [-0.2, -0.15) is 5.10 Å². The zero-order chi connectivity index (χ0) is 21.4. The Kier molecular flexibility index (Phi) is 5.09. The van der Waals surface area contributed by atoms with Crippen LogP contribution in [-0.4, -0.2) is 34.5 Å². The molecular formula is C21H19ClN4O4. The number of hydrogen-bond donors (Lipinski definition) is 1. The average Bonchev–Trinajstić information content (AvgIpc) is 3.03. The van der Waals surface area contributed by atoms with Crippen LogP contribution in [0, 0.1) is 0 Å². The van der Waals surface area contributed by atoms with Crippen molar-refractivity contribution in [2.75, 3.05) is 19.5 Å². The van der Waals surface area contributed by atoms with Gasteiger partial charge in [0.05, 0.1) is 31.1 Å². The van der Waals surface area contributed by atoms with E-state index < -0.39 is 5.91 Å². The first-order valence-corrected chi connectivity index (χ1v) is 9.47. The first-order valence-electron chi connectivity index (χ1n) is 9.09. The highest BCUT2D eigenvalue weighted by Crippen LogP contribution is 2.35. The van der Waals surface area contributed by atoms with Crippen molar-refractivity contribution in [3.8, 4) is 11.5 Å². The van der Waals surface area contributed by atoms with E-state index in [9.17, 15) is 9.59 Å². The molecule has 9 heteroatoms. The number of amides is 1. The van der Waals surface area contributed by atoms with E-state index in [1.54, 1.807) is 12.3 Å². The second-order valence-electron chi connectivity index (χ2n) is 6.68. The van der Waals surface area contributed by atoms with Gasteiger partial charge in [-0.05, 0) is 12.1 Å². The molecule has 2 heterocycles. The summed E-state index contributed by atoms with van der Waals surface area (Å²) in [6.45, 7) is -0.261. The molecule has 4 rings (SSSR count). The van der Waals surface area contributed by atoms with Crippen LogP contribution in [0.3, 0.4) is 0 Å². The van der Waals surface area contributed by atoms with Crippen molar-refractivity contribution >= 4 is 45.0 Å². The van der Waals surface area contributed by atoms with E-state index in [-0.39, 0.29) is 12.1 Å². The van der Waals surface area contributed by atoms with Crippen LogP contribution in [0.2, 0.25) is 5.02 Å². The van der Waals surface area contributed by atoms with Gasteiger partial charge in [0, 0.05) is 29.4 Å². The van der Waals surface area contributed by atoms with Crippen LogP contribution in [0.4, 0.5) is 5.69 Å². The van der Waals surface area contributed by atoms with E-state index in [0.29, 0.717) is 27.7 Å². The lowest BCUT2D eigenvalue weighted by Gasteiger charge is -2.13. The lowest BCUT2D eigenvalue weighted by atomic mass is 10.2. The van der Waals surface area contributed by atoms with E-state index in [0.717, 1.165) is 21.0 Å². The number of aryl methyl sites for hydroxylation is 1. The maximum atomic E-state index is 13.0. The molecule has 1 amide bonds. The van der Waals surface area contributed by atoms with Gasteiger partial charge in [0.15, 0.2) is 0 Å². The van der Waals surface area contributed by atoms with Gasteiger partial charge in [-0.25, -0.2) is 4.68 Å². The zero-order valence-electron chi connectivity index (χ0n) is 16.6. The van der Waals surface area contributed by atoms with Crippen molar-refractivity contribution in [1.29, 1.82) is 0 Å². The molecular weight excluding hydrogens is 408 g/mol. The standard InChI is InChI=1S/C21H19ClN4O4/c1-25-16-7-5-4-6-12(16)13-10-23-26(21(28)20(13)25)11-19(27)24-15-8-14(22)17(29-2)9-18(15)30-3/h4-10H,11H2,1-3H3,(H,24,27). The topological polar surface area (TPSA) is 87.4 Å². The number of carbonyl (C=O) groups is 1. The van der Waals surface area contributed by atoms with Crippen molar-refractivity contribution < 1.29 is 14.3 Å². The van der Waals surface area contributed by atoms with Crippen LogP contribution in [-0.2, 0) is 18.4 Å². The summed E-state index contributed by atoms with van der Waals surface area (Å²) in [6, 6.07) is 10.8. The summed E-state index contributed by atoms with van der Waals surface area (Å²) in [5.41, 5.74) is 1.43. The molecule has 0 fully saturated rings. The number of anilines is 1. The van der Waals surface area contributed by atoms with E-state index in [4.69, 9.17) is 21.1 Å². The third kappa shape index (κ3) is 3.25. The quantitative estimate of drug-likeness (QED) is 0.529. The number of methoxy groups -OCH3 is 2. The highest BCUT2D eigenvalue weighted by Gasteiger charge is 2.17. The van der Waals surface area contributed by atoms with E-state index >= 15 is 0 Å².